The maximum absolute atomic E-state index is 12.5. The quantitative estimate of drug-likeness (QED) is 0.771. The fourth-order valence-electron chi connectivity index (χ4n) is 3.84. The zero-order chi connectivity index (χ0) is 19.7. The summed E-state index contributed by atoms with van der Waals surface area (Å²) < 4.78 is 6.33. The zero-order valence-corrected chi connectivity index (χ0v) is 17.2. The molecular formula is C21H22BrN3O3. The molecule has 0 saturated heterocycles. The number of fused-ring (bicyclic) bond motifs is 2. The normalized spacial score (nSPS) is 17.8. The van der Waals surface area contributed by atoms with Gasteiger partial charge in [0, 0.05) is 29.3 Å². The molecule has 0 saturated carbocycles. The summed E-state index contributed by atoms with van der Waals surface area (Å²) in [6, 6.07) is 14.2. The topological polar surface area (TPSA) is 61.9 Å². The van der Waals surface area contributed by atoms with Gasteiger partial charge in [0.05, 0.1) is 5.69 Å². The first-order chi connectivity index (χ1) is 13.5. The van der Waals surface area contributed by atoms with Crippen molar-refractivity contribution in [3.63, 3.8) is 0 Å². The van der Waals surface area contributed by atoms with E-state index < -0.39 is 0 Å². The highest BCUT2D eigenvalue weighted by Crippen LogP contribution is 2.34. The van der Waals surface area contributed by atoms with E-state index in [1.54, 1.807) is 12.1 Å². The Labute approximate surface area is 172 Å². The Bertz CT molecular complexity index is 918. The van der Waals surface area contributed by atoms with Crippen molar-refractivity contribution in [3.8, 4) is 5.75 Å². The third-order valence-electron chi connectivity index (χ3n) is 5.19. The summed E-state index contributed by atoms with van der Waals surface area (Å²) in [5.74, 6) is 0.209. The highest BCUT2D eigenvalue weighted by Gasteiger charge is 2.28. The van der Waals surface area contributed by atoms with E-state index in [0.29, 0.717) is 24.0 Å². The first-order valence-corrected chi connectivity index (χ1v) is 10.2. The predicted octanol–water partition coefficient (Wildman–Crippen LogP) is 2.74. The summed E-state index contributed by atoms with van der Waals surface area (Å²) in [7, 11) is 0. The Balaban J connectivity index is 1.35. The zero-order valence-electron chi connectivity index (χ0n) is 15.7. The molecule has 2 aliphatic rings. The lowest BCUT2D eigenvalue weighted by Gasteiger charge is -2.29. The van der Waals surface area contributed by atoms with Gasteiger partial charge in [0.1, 0.15) is 12.3 Å². The minimum absolute atomic E-state index is 0.0109. The maximum Gasteiger partial charge on any atom is 0.265 e. The highest BCUT2D eigenvalue weighted by molar-refractivity contribution is 9.10. The molecule has 2 heterocycles. The smallest absolute Gasteiger partial charge is 0.265 e. The Morgan fingerprint density at radius 1 is 1.25 bits per heavy atom. The molecule has 1 atom stereocenters. The molecule has 28 heavy (non-hydrogen) atoms. The van der Waals surface area contributed by atoms with E-state index >= 15 is 0 Å². The molecule has 2 aromatic carbocycles. The van der Waals surface area contributed by atoms with E-state index in [2.05, 4.69) is 51.3 Å². The molecule has 0 unspecified atom stereocenters. The molecule has 2 aromatic rings. The van der Waals surface area contributed by atoms with E-state index in [-0.39, 0.29) is 25.0 Å². The number of carbonyl (C=O) groups is 2. The molecule has 7 heteroatoms. The Kier molecular flexibility index (Phi) is 5.26. The number of amides is 2. The summed E-state index contributed by atoms with van der Waals surface area (Å²) >= 11 is 3.39. The molecule has 6 nitrogen and oxygen atoms in total. The molecule has 0 spiro atoms. The van der Waals surface area contributed by atoms with Crippen LogP contribution in [0.4, 0.5) is 11.4 Å². The van der Waals surface area contributed by atoms with E-state index in [1.165, 1.54) is 16.2 Å². The van der Waals surface area contributed by atoms with Gasteiger partial charge in [-0.25, -0.2) is 0 Å². The molecular weight excluding hydrogens is 422 g/mol. The molecule has 2 aliphatic heterocycles. The lowest BCUT2D eigenvalue weighted by atomic mass is 10.1. The van der Waals surface area contributed by atoms with E-state index in [4.69, 9.17) is 4.74 Å². The average Bonchev–Trinajstić information content (AvgIpc) is 2.99. The molecule has 1 N–H and O–H groups in total. The van der Waals surface area contributed by atoms with Gasteiger partial charge in [-0.1, -0.05) is 34.1 Å². The number of anilines is 2. The van der Waals surface area contributed by atoms with Gasteiger partial charge >= 0.3 is 0 Å². The fraction of sp³-hybridized carbons (Fsp3) is 0.333. The maximum atomic E-state index is 12.5. The van der Waals surface area contributed by atoms with Gasteiger partial charge in [0.25, 0.3) is 5.91 Å². The summed E-state index contributed by atoms with van der Waals surface area (Å²) in [5.41, 5.74) is 3.21. The molecule has 0 aromatic heterocycles. The van der Waals surface area contributed by atoms with Gasteiger partial charge < -0.3 is 15.0 Å². The van der Waals surface area contributed by atoms with Crippen LogP contribution in [0.3, 0.4) is 0 Å². The number of nitrogens with zero attached hydrogens (tertiary/aromatic N) is 2. The summed E-state index contributed by atoms with van der Waals surface area (Å²) in [6.45, 7) is 3.40. The third kappa shape index (κ3) is 3.71. The van der Waals surface area contributed by atoms with Crippen molar-refractivity contribution < 1.29 is 14.3 Å². The summed E-state index contributed by atoms with van der Waals surface area (Å²) in [6.07, 6.45) is 1.03. The molecule has 0 bridgehead atoms. The number of hydrogen-bond acceptors (Lipinski definition) is 4. The van der Waals surface area contributed by atoms with E-state index in [1.807, 2.05) is 12.1 Å². The Morgan fingerprint density at radius 2 is 2.07 bits per heavy atom. The van der Waals surface area contributed by atoms with Crippen molar-refractivity contribution in [3.05, 3.63) is 52.5 Å². The van der Waals surface area contributed by atoms with Gasteiger partial charge in [0.2, 0.25) is 5.91 Å². The second-order valence-electron chi connectivity index (χ2n) is 7.11. The number of halogens is 1. The Hall–Kier alpha value is -2.54. The van der Waals surface area contributed by atoms with Crippen molar-refractivity contribution in [2.45, 2.75) is 19.4 Å². The number of benzene rings is 2. The summed E-state index contributed by atoms with van der Waals surface area (Å²) in [4.78, 5) is 28.5. The monoisotopic (exact) mass is 443 g/mol. The van der Waals surface area contributed by atoms with Crippen molar-refractivity contribution in [1.82, 2.24) is 5.32 Å². The first-order valence-electron chi connectivity index (χ1n) is 9.37. The molecule has 2 amide bonds. The number of carbonyl (C=O) groups excluding carboxylic acids is 2. The second kappa shape index (κ2) is 7.83. The minimum atomic E-state index is -0.216. The average molecular weight is 444 g/mol. The summed E-state index contributed by atoms with van der Waals surface area (Å²) in [5, 5.41) is 2.95. The second-order valence-corrected chi connectivity index (χ2v) is 8.02. The van der Waals surface area contributed by atoms with Crippen molar-refractivity contribution >= 4 is 39.1 Å². The fourth-order valence-corrected chi connectivity index (χ4v) is 4.18. The number of para-hydroxylation sites is 1. The number of hydrogen-bond donors (Lipinski definition) is 1. The number of rotatable bonds is 5. The van der Waals surface area contributed by atoms with Gasteiger partial charge in [-0.3, -0.25) is 14.5 Å². The molecule has 4 rings (SSSR count). The van der Waals surface area contributed by atoms with Crippen LogP contribution in [-0.4, -0.2) is 44.1 Å². The van der Waals surface area contributed by atoms with Crippen LogP contribution in [0.25, 0.3) is 0 Å². The predicted molar refractivity (Wildman–Crippen MR) is 112 cm³/mol. The van der Waals surface area contributed by atoms with Crippen molar-refractivity contribution in [1.29, 1.82) is 0 Å². The lowest BCUT2D eigenvalue weighted by molar-refractivity contribution is -0.125. The molecule has 146 valence electrons. The van der Waals surface area contributed by atoms with Crippen molar-refractivity contribution in [2.75, 3.05) is 36.0 Å². The van der Waals surface area contributed by atoms with Crippen LogP contribution in [0.15, 0.2) is 46.9 Å². The van der Waals surface area contributed by atoms with Gasteiger partial charge in [0.15, 0.2) is 6.61 Å². The molecule has 0 radical (unpaired) electrons. The van der Waals surface area contributed by atoms with Crippen LogP contribution in [0, 0.1) is 0 Å². The highest BCUT2D eigenvalue weighted by atomic mass is 79.9. The number of ether oxygens (including phenoxy) is 1. The minimum Gasteiger partial charge on any atom is -0.482 e. The van der Waals surface area contributed by atoms with Crippen LogP contribution in [0.2, 0.25) is 0 Å². The first kappa shape index (κ1) is 18.8. The SMILES string of the molecule is C[C@H]1Cc2ccccc2N1CCNC(=O)CN1C(=O)COc2cc(Br)ccc21. The largest absolute Gasteiger partial charge is 0.482 e. The Morgan fingerprint density at radius 3 is 2.93 bits per heavy atom. The van der Waals surface area contributed by atoms with Gasteiger partial charge in [-0.15, -0.1) is 0 Å². The van der Waals surface area contributed by atoms with Crippen LogP contribution in [0.5, 0.6) is 5.75 Å². The number of nitrogens with one attached hydrogen (secondary N) is 1. The van der Waals surface area contributed by atoms with E-state index in [0.717, 1.165) is 17.4 Å². The van der Waals surface area contributed by atoms with Crippen LogP contribution in [-0.2, 0) is 16.0 Å². The standard InChI is InChI=1S/C21H22BrN3O3/c1-14-10-15-4-2-3-5-17(15)24(14)9-8-23-20(26)12-25-18-7-6-16(22)11-19(18)28-13-21(25)27/h2-7,11,14H,8-10,12-13H2,1H3,(H,23,26)/t14-/m0/s1. The van der Waals surface area contributed by atoms with Crippen molar-refractivity contribution in [2.24, 2.45) is 0 Å². The van der Waals surface area contributed by atoms with Crippen LogP contribution in [0.1, 0.15) is 12.5 Å². The lowest BCUT2D eigenvalue weighted by Crippen LogP contribution is -2.46. The van der Waals surface area contributed by atoms with Crippen LogP contribution >= 0.6 is 15.9 Å². The van der Waals surface area contributed by atoms with Crippen LogP contribution < -0.4 is 19.9 Å². The molecule has 0 aliphatic carbocycles. The van der Waals surface area contributed by atoms with Gasteiger partial charge in [-0.05, 0) is 43.2 Å². The van der Waals surface area contributed by atoms with E-state index in [9.17, 15) is 9.59 Å². The van der Waals surface area contributed by atoms with Gasteiger partial charge in [-0.2, -0.15) is 0 Å². The molecule has 0 fully saturated rings. The third-order valence-corrected chi connectivity index (χ3v) is 5.68.